The van der Waals surface area contributed by atoms with Crippen LogP contribution in [0.1, 0.15) is 56.5 Å². The molecule has 1 aromatic rings. The first kappa shape index (κ1) is 18.0. The van der Waals surface area contributed by atoms with Crippen LogP contribution in [0.25, 0.3) is 0 Å². The van der Waals surface area contributed by atoms with E-state index in [1.807, 2.05) is 0 Å². The van der Waals surface area contributed by atoms with Gasteiger partial charge in [0.1, 0.15) is 11.0 Å². The third kappa shape index (κ3) is 4.13. The summed E-state index contributed by atoms with van der Waals surface area (Å²) < 4.78 is 30.1. The van der Waals surface area contributed by atoms with Crippen LogP contribution < -0.4 is 5.32 Å². The van der Waals surface area contributed by atoms with Crippen molar-refractivity contribution in [3.8, 4) is 0 Å². The maximum atomic E-state index is 12.5. The quantitative estimate of drug-likeness (QED) is 0.887. The van der Waals surface area contributed by atoms with Gasteiger partial charge in [0, 0.05) is 11.6 Å². The maximum absolute atomic E-state index is 12.5. The molecule has 23 heavy (non-hydrogen) atoms. The van der Waals surface area contributed by atoms with E-state index < -0.39 is 21.0 Å². The molecule has 0 spiro atoms. The van der Waals surface area contributed by atoms with Crippen LogP contribution in [0.2, 0.25) is 0 Å². The van der Waals surface area contributed by atoms with E-state index in [1.165, 1.54) is 13.3 Å². The van der Waals surface area contributed by atoms with Crippen molar-refractivity contribution in [3.05, 3.63) is 17.0 Å². The lowest BCUT2D eigenvalue weighted by Crippen LogP contribution is -2.47. The largest absolute Gasteiger partial charge is 0.361 e. The molecule has 0 aromatic carbocycles. The van der Waals surface area contributed by atoms with Gasteiger partial charge in [-0.15, -0.1) is 0 Å². The first-order valence-corrected chi connectivity index (χ1v) is 9.87. The number of hydrogen-bond acceptors (Lipinski definition) is 5. The van der Waals surface area contributed by atoms with Crippen molar-refractivity contribution in [2.24, 2.45) is 5.92 Å². The Kier molecular flexibility index (Phi) is 5.49. The van der Waals surface area contributed by atoms with Crippen LogP contribution in [0.3, 0.4) is 0 Å². The molecule has 0 bridgehead atoms. The minimum absolute atomic E-state index is 0.0768. The summed E-state index contributed by atoms with van der Waals surface area (Å²) in [5.41, 5.74) is 1.11. The minimum Gasteiger partial charge on any atom is -0.361 e. The number of carbonyl (C=O) groups excluding carboxylic acids is 1. The van der Waals surface area contributed by atoms with Crippen LogP contribution in [0.15, 0.2) is 4.52 Å². The van der Waals surface area contributed by atoms with Gasteiger partial charge in [-0.05, 0) is 39.5 Å². The van der Waals surface area contributed by atoms with Gasteiger partial charge < -0.3 is 9.84 Å². The molecular formula is C16H26N2O4S. The number of sulfone groups is 1. The lowest BCUT2D eigenvalue weighted by atomic mass is 9.86. The topological polar surface area (TPSA) is 89.3 Å². The zero-order chi connectivity index (χ0) is 17.2. The van der Waals surface area contributed by atoms with E-state index in [-0.39, 0.29) is 11.8 Å². The highest BCUT2D eigenvalue weighted by atomic mass is 32.2. The molecule has 0 unspecified atom stereocenters. The fourth-order valence-corrected chi connectivity index (χ4v) is 4.49. The number of amides is 1. The highest BCUT2D eigenvalue weighted by Gasteiger charge is 2.32. The third-order valence-electron chi connectivity index (χ3n) is 4.87. The molecule has 1 amide bonds. The van der Waals surface area contributed by atoms with E-state index in [1.54, 1.807) is 13.8 Å². The molecule has 1 aliphatic rings. The Morgan fingerprint density at radius 1 is 1.35 bits per heavy atom. The van der Waals surface area contributed by atoms with E-state index in [2.05, 4.69) is 17.4 Å². The van der Waals surface area contributed by atoms with Gasteiger partial charge in [0.2, 0.25) is 5.91 Å². The molecule has 1 aromatic heterocycles. The molecule has 3 atom stereocenters. The number of hydrogen-bond donors (Lipinski definition) is 1. The van der Waals surface area contributed by atoms with Gasteiger partial charge in [-0.25, -0.2) is 8.42 Å². The summed E-state index contributed by atoms with van der Waals surface area (Å²) in [5.74, 6) is 0.253. The van der Waals surface area contributed by atoms with Crippen molar-refractivity contribution < 1.29 is 17.7 Å². The van der Waals surface area contributed by atoms with Crippen LogP contribution >= 0.6 is 0 Å². The number of aromatic nitrogens is 1. The van der Waals surface area contributed by atoms with E-state index in [4.69, 9.17) is 4.52 Å². The molecule has 7 heteroatoms. The Morgan fingerprint density at radius 3 is 2.57 bits per heavy atom. The fraction of sp³-hybridized carbons (Fsp3) is 0.750. The summed E-state index contributed by atoms with van der Waals surface area (Å²) in [6.07, 6.45) is 4.25. The Bertz CT molecular complexity index is 646. The zero-order valence-corrected chi connectivity index (χ0v) is 15.1. The van der Waals surface area contributed by atoms with Crippen molar-refractivity contribution >= 4 is 15.7 Å². The van der Waals surface area contributed by atoms with E-state index in [0.717, 1.165) is 19.3 Å². The molecule has 1 fully saturated rings. The first-order valence-electron chi connectivity index (χ1n) is 8.16. The van der Waals surface area contributed by atoms with Crippen molar-refractivity contribution in [2.75, 3.05) is 0 Å². The minimum atomic E-state index is -3.61. The van der Waals surface area contributed by atoms with Gasteiger partial charge in [0.05, 0.1) is 11.4 Å². The highest BCUT2D eigenvalue weighted by molar-refractivity contribution is 7.92. The second-order valence-electron chi connectivity index (χ2n) is 6.63. The Balaban J connectivity index is 2.05. The highest BCUT2D eigenvalue weighted by Crippen LogP contribution is 2.24. The molecule has 1 aliphatic carbocycles. The third-order valence-corrected chi connectivity index (χ3v) is 6.86. The number of aryl methyl sites for hydroxylation is 2. The summed E-state index contributed by atoms with van der Waals surface area (Å²) >= 11 is 0. The van der Waals surface area contributed by atoms with Gasteiger partial charge in [-0.1, -0.05) is 24.9 Å². The second kappa shape index (κ2) is 7.03. The van der Waals surface area contributed by atoms with Gasteiger partial charge in [0.25, 0.3) is 0 Å². The van der Waals surface area contributed by atoms with Crippen LogP contribution in [0.5, 0.6) is 0 Å². The van der Waals surface area contributed by atoms with Gasteiger partial charge in [-0.2, -0.15) is 0 Å². The van der Waals surface area contributed by atoms with Crippen LogP contribution in [-0.2, 0) is 20.4 Å². The SMILES string of the molecule is Cc1noc(C)c1CS(=O)(=O)[C@H](C)C(=O)N[C@H]1CCCC[C@H]1C. The normalized spacial score (nSPS) is 23.5. The summed E-state index contributed by atoms with van der Waals surface area (Å²) in [6, 6.07) is 0.0768. The molecule has 0 aliphatic heterocycles. The number of rotatable bonds is 5. The molecule has 0 radical (unpaired) electrons. The van der Waals surface area contributed by atoms with Gasteiger partial charge in [0.15, 0.2) is 9.84 Å². The van der Waals surface area contributed by atoms with E-state index in [0.29, 0.717) is 22.9 Å². The van der Waals surface area contributed by atoms with Crippen LogP contribution in [0, 0.1) is 19.8 Å². The first-order chi connectivity index (χ1) is 10.7. The fourth-order valence-electron chi connectivity index (χ4n) is 3.03. The molecule has 1 N–H and O–H groups in total. The van der Waals surface area contributed by atoms with Crippen LogP contribution in [0.4, 0.5) is 0 Å². The van der Waals surface area contributed by atoms with E-state index in [9.17, 15) is 13.2 Å². The number of nitrogens with zero attached hydrogens (tertiary/aromatic N) is 1. The van der Waals surface area contributed by atoms with E-state index >= 15 is 0 Å². The maximum Gasteiger partial charge on any atom is 0.238 e. The Hall–Kier alpha value is -1.37. The predicted octanol–water partition coefficient (Wildman–Crippen LogP) is 2.29. The molecule has 1 saturated carbocycles. The van der Waals surface area contributed by atoms with Gasteiger partial charge in [-0.3, -0.25) is 4.79 Å². The summed E-state index contributed by atoms with van der Waals surface area (Å²) in [7, 11) is -3.61. The average molecular weight is 342 g/mol. The Labute approximate surface area is 137 Å². The Morgan fingerprint density at radius 2 is 2.00 bits per heavy atom. The lowest BCUT2D eigenvalue weighted by Gasteiger charge is -2.30. The molecule has 1 heterocycles. The second-order valence-corrected chi connectivity index (χ2v) is 8.95. The monoisotopic (exact) mass is 342 g/mol. The number of carbonyl (C=O) groups is 1. The van der Waals surface area contributed by atoms with Crippen LogP contribution in [-0.4, -0.2) is 30.8 Å². The summed E-state index contributed by atoms with van der Waals surface area (Å²) in [6.45, 7) is 6.94. The lowest BCUT2D eigenvalue weighted by molar-refractivity contribution is -0.121. The smallest absolute Gasteiger partial charge is 0.238 e. The standard InChI is InChI=1S/C16H26N2O4S/c1-10-7-5-6-8-15(10)17-16(19)13(4)23(20,21)9-14-11(2)18-22-12(14)3/h10,13,15H,5-9H2,1-4H3,(H,17,19)/t10-,13-,15+/m1/s1. The van der Waals surface area contributed by atoms with Crippen molar-refractivity contribution in [2.45, 2.75) is 70.4 Å². The zero-order valence-electron chi connectivity index (χ0n) is 14.3. The van der Waals surface area contributed by atoms with Crippen molar-refractivity contribution in [1.29, 1.82) is 0 Å². The predicted molar refractivity (Wildman–Crippen MR) is 87.6 cm³/mol. The summed E-state index contributed by atoms with van der Waals surface area (Å²) in [4.78, 5) is 12.4. The number of nitrogens with one attached hydrogen (secondary N) is 1. The molecule has 6 nitrogen and oxygen atoms in total. The molecule has 130 valence electrons. The molecule has 0 saturated heterocycles. The van der Waals surface area contributed by atoms with Gasteiger partial charge >= 0.3 is 0 Å². The molecule has 2 rings (SSSR count). The molecular weight excluding hydrogens is 316 g/mol. The summed E-state index contributed by atoms with van der Waals surface area (Å²) in [5, 5.41) is 5.62. The van der Waals surface area contributed by atoms with Crippen molar-refractivity contribution in [3.63, 3.8) is 0 Å². The van der Waals surface area contributed by atoms with Crippen molar-refractivity contribution in [1.82, 2.24) is 10.5 Å². The average Bonchev–Trinajstić information content (AvgIpc) is 2.80.